The number of amides is 2. The minimum Gasteiger partial charge on any atom is -0.467 e. The second-order valence-corrected chi connectivity index (χ2v) is 5.85. The minimum absolute atomic E-state index is 0.239. The second-order valence-electron chi connectivity index (χ2n) is 5.85. The molecule has 3 rings (SSSR count). The molecular weight excluding hydrogens is 334 g/mol. The first-order valence-electron chi connectivity index (χ1n) is 8.37. The monoisotopic (exact) mass is 355 g/mol. The smallest absolute Gasteiger partial charge is 0.338 e. The summed E-state index contributed by atoms with van der Waals surface area (Å²) in [7, 11) is 1.89. The Morgan fingerprint density at radius 1 is 1.23 bits per heavy atom. The van der Waals surface area contributed by atoms with E-state index in [1.165, 1.54) is 6.26 Å². The average Bonchev–Trinajstić information content (AvgIpc) is 3.16. The minimum atomic E-state index is -0.697. The maximum absolute atomic E-state index is 12.6. The number of rotatable bonds is 6. The average molecular weight is 355 g/mol. The zero-order chi connectivity index (χ0) is 18.5. The Bertz CT molecular complexity index is 799. The van der Waals surface area contributed by atoms with Crippen LogP contribution in [0.2, 0.25) is 0 Å². The lowest BCUT2D eigenvalue weighted by Gasteiger charge is -2.30. The Kier molecular flexibility index (Phi) is 5.26. The van der Waals surface area contributed by atoms with Gasteiger partial charge in [-0.1, -0.05) is 18.2 Å². The standard InChI is InChI=1S/C19H21N3O4/c1-3-25-18(23)16-14(12-22(2)13-8-5-4-6-9-13)20-19(24)21-17(16)15-10-7-11-26-15/h4-11,17H,3,12H2,1-2H3,(H2,20,21,24)/t17-/m0/s1. The van der Waals surface area contributed by atoms with Gasteiger partial charge in [-0.05, 0) is 31.2 Å². The van der Waals surface area contributed by atoms with Crippen LogP contribution in [0.25, 0.3) is 0 Å². The zero-order valence-corrected chi connectivity index (χ0v) is 14.7. The molecule has 0 unspecified atom stereocenters. The van der Waals surface area contributed by atoms with E-state index in [2.05, 4.69) is 10.6 Å². The van der Waals surface area contributed by atoms with E-state index in [4.69, 9.17) is 9.15 Å². The molecule has 0 radical (unpaired) electrons. The van der Waals surface area contributed by atoms with Crippen LogP contribution in [0.1, 0.15) is 18.7 Å². The Labute approximate surface area is 151 Å². The van der Waals surface area contributed by atoms with E-state index in [-0.39, 0.29) is 6.61 Å². The van der Waals surface area contributed by atoms with Gasteiger partial charge in [0.1, 0.15) is 11.8 Å². The van der Waals surface area contributed by atoms with E-state index in [9.17, 15) is 9.59 Å². The van der Waals surface area contributed by atoms with Gasteiger partial charge in [-0.3, -0.25) is 0 Å². The Hall–Kier alpha value is -3.22. The second kappa shape index (κ2) is 7.77. The molecule has 2 heterocycles. The van der Waals surface area contributed by atoms with Crippen LogP contribution in [0.3, 0.4) is 0 Å². The summed E-state index contributed by atoms with van der Waals surface area (Å²) in [5.41, 5.74) is 1.79. The molecule has 1 aromatic heterocycles. The number of anilines is 1. The van der Waals surface area contributed by atoms with E-state index in [0.29, 0.717) is 23.6 Å². The summed E-state index contributed by atoms with van der Waals surface area (Å²) in [6, 6.07) is 12.0. The fraction of sp³-hybridized carbons (Fsp3) is 0.263. The molecule has 0 spiro atoms. The van der Waals surface area contributed by atoms with Crippen LogP contribution in [0.4, 0.5) is 10.5 Å². The number of esters is 1. The third-order valence-electron chi connectivity index (χ3n) is 4.07. The van der Waals surface area contributed by atoms with Gasteiger partial charge in [0.15, 0.2) is 0 Å². The normalized spacial score (nSPS) is 16.7. The molecule has 0 saturated carbocycles. The highest BCUT2D eigenvalue weighted by atomic mass is 16.5. The first-order chi connectivity index (χ1) is 12.6. The number of nitrogens with zero attached hydrogens (tertiary/aromatic N) is 1. The number of carbonyl (C=O) groups excluding carboxylic acids is 2. The van der Waals surface area contributed by atoms with Gasteiger partial charge in [0, 0.05) is 12.7 Å². The van der Waals surface area contributed by atoms with Crippen LogP contribution in [0, 0.1) is 0 Å². The molecule has 1 aliphatic rings. The lowest BCUT2D eigenvalue weighted by Crippen LogP contribution is -2.48. The van der Waals surface area contributed by atoms with Crippen molar-refractivity contribution in [1.82, 2.24) is 10.6 Å². The van der Waals surface area contributed by atoms with E-state index in [0.717, 1.165) is 5.69 Å². The molecule has 2 N–H and O–H groups in total. The van der Waals surface area contributed by atoms with Crippen molar-refractivity contribution in [3.8, 4) is 0 Å². The van der Waals surface area contributed by atoms with E-state index in [1.807, 2.05) is 42.3 Å². The lowest BCUT2D eigenvalue weighted by atomic mass is 10.00. The molecule has 0 bridgehead atoms. The number of benzene rings is 1. The number of ether oxygens (including phenoxy) is 1. The fourth-order valence-electron chi connectivity index (χ4n) is 2.87. The molecule has 1 atom stereocenters. The van der Waals surface area contributed by atoms with E-state index < -0.39 is 18.0 Å². The number of carbonyl (C=O) groups is 2. The maximum Gasteiger partial charge on any atom is 0.338 e. The lowest BCUT2D eigenvalue weighted by molar-refractivity contribution is -0.139. The number of nitrogens with one attached hydrogen (secondary N) is 2. The Morgan fingerprint density at radius 3 is 2.65 bits per heavy atom. The van der Waals surface area contributed by atoms with Crippen molar-refractivity contribution in [2.24, 2.45) is 0 Å². The molecule has 2 aromatic rings. The van der Waals surface area contributed by atoms with Gasteiger partial charge in [-0.25, -0.2) is 9.59 Å². The summed E-state index contributed by atoms with van der Waals surface area (Å²) in [6.07, 6.45) is 1.50. The van der Waals surface area contributed by atoms with Crippen LogP contribution < -0.4 is 15.5 Å². The molecular formula is C19H21N3O4. The van der Waals surface area contributed by atoms with Crippen molar-refractivity contribution >= 4 is 17.7 Å². The number of hydrogen-bond acceptors (Lipinski definition) is 5. The van der Waals surface area contributed by atoms with Crippen LogP contribution in [-0.4, -0.2) is 32.2 Å². The van der Waals surface area contributed by atoms with Gasteiger partial charge in [0.2, 0.25) is 0 Å². The van der Waals surface area contributed by atoms with Crippen molar-refractivity contribution in [3.63, 3.8) is 0 Å². The fourth-order valence-corrected chi connectivity index (χ4v) is 2.87. The Balaban J connectivity index is 1.98. The van der Waals surface area contributed by atoms with Gasteiger partial charge in [0.25, 0.3) is 0 Å². The summed E-state index contributed by atoms with van der Waals surface area (Å²) >= 11 is 0. The van der Waals surface area contributed by atoms with Crippen molar-refractivity contribution in [3.05, 3.63) is 65.8 Å². The van der Waals surface area contributed by atoms with Gasteiger partial charge in [-0.2, -0.15) is 0 Å². The third-order valence-corrected chi connectivity index (χ3v) is 4.07. The van der Waals surface area contributed by atoms with E-state index in [1.54, 1.807) is 19.1 Å². The molecule has 1 aromatic carbocycles. The molecule has 136 valence electrons. The van der Waals surface area contributed by atoms with Gasteiger partial charge < -0.3 is 24.7 Å². The molecule has 7 nitrogen and oxygen atoms in total. The van der Waals surface area contributed by atoms with Crippen LogP contribution in [-0.2, 0) is 9.53 Å². The summed E-state index contributed by atoms with van der Waals surface area (Å²) in [4.78, 5) is 26.7. The quantitative estimate of drug-likeness (QED) is 0.778. The maximum atomic E-state index is 12.6. The van der Waals surface area contributed by atoms with Crippen molar-refractivity contribution in [2.75, 3.05) is 25.1 Å². The Morgan fingerprint density at radius 2 is 2.00 bits per heavy atom. The summed E-state index contributed by atoms with van der Waals surface area (Å²) < 4.78 is 10.6. The predicted molar refractivity (Wildman–Crippen MR) is 96.5 cm³/mol. The van der Waals surface area contributed by atoms with Crippen LogP contribution >= 0.6 is 0 Å². The molecule has 1 aliphatic heterocycles. The first-order valence-corrected chi connectivity index (χ1v) is 8.37. The number of para-hydroxylation sites is 1. The molecule has 26 heavy (non-hydrogen) atoms. The summed E-state index contributed by atoms with van der Waals surface area (Å²) in [5.74, 6) is -0.0133. The largest absolute Gasteiger partial charge is 0.467 e. The number of furan rings is 1. The van der Waals surface area contributed by atoms with Crippen LogP contribution in [0.15, 0.2) is 64.4 Å². The topological polar surface area (TPSA) is 83.8 Å². The highest BCUT2D eigenvalue weighted by Crippen LogP contribution is 2.28. The highest BCUT2D eigenvalue weighted by molar-refractivity contribution is 5.95. The van der Waals surface area contributed by atoms with Crippen LogP contribution in [0.5, 0.6) is 0 Å². The summed E-state index contributed by atoms with van der Waals surface area (Å²) in [5, 5.41) is 5.47. The molecule has 0 aliphatic carbocycles. The van der Waals surface area contributed by atoms with Crippen molar-refractivity contribution in [2.45, 2.75) is 13.0 Å². The van der Waals surface area contributed by atoms with Gasteiger partial charge in [-0.15, -0.1) is 0 Å². The van der Waals surface area contributed by atoms with Gasteiger partial charge in [0.05, 0.1) is 30.7 Å². The molecule has 0 saturated heterocycles. The molecule has 7 heteroatoms. The number of hydrogen-bond donors (Lipinski definition) is 2. The first kappa shape index (κ1) is 17.6. The van der Waals surface area contributed by atoms with Crippen molar-refractivity contribution < 1.29 is 18.7 Å². The van der Waals surface area contributed by atoms with Gasteiger partial charge >= 0.3 is 12.0 Å². The predicted octanol–water partition coefficient (Wildman–Crippen LogP) is 2.59. The zero-order valence-electron chi connectivity index (χ0n) is 14.7. The highest BCUT2D eigenvalue weighted by Gasteiger charge is 2.35. The van der Waals surface area contributed by atoms with E-state index >= 15 is 0 Å². The number of likely N-dealkylation sites (N-methyl/N-ethyl adjacent to an activating group) is 1. The molecule has 2 amide bonds. The van der Waals surface area contributed by atoms with Crippen molar-refractivity contribution in [1.29, 1.82) is 0 Å². The molecule has 0 fully saturated rings. The SMILES string of the molecule is CCOC(=O)C1=C(CN(C)c2ccccc2)NC(=O)N[C@H]1c1ccco1. The summed E-state index contributed by atoms with van der Waals surface area (Å²) in [6.45, 7) is 2.32. The number of urea groups is 1. The third kappa shape index (κ3) is 3.72.